The van der Waals surface area contributed by atoms with Crippen LogP contribution in [0.5, 0.6) is 0 Å². The number of rotatable bonds is 6. The predicted octanol–water partition coefficient (Wildman–Crippen LogP) is 5.28. The lowest BCUT2D eigenvalue weighted by Gasteiger charge is -2.16. The zero-order chi connectivity index (χ0) is 22.7. The van der Waals surface area contributed by atoms with Crippen molar-refractivity contribution < 1.29 is 8.42 Å². The second kappa shape index (κ2) is 9.47. The minimum absolute atomic E-state index is 0.348. The smallest absolute Gasteiger partial charge is 0.243 e. The number of sulfonamides is 1. The van der Waals surface area contributed by atoms with Crippen molar-refractivity contribution in [1.82, 2.24) is 8.87 Å². The lowest BCUT2D eigenvalue weighted by molar-refractivity contribution is 0.477. The van der Waals surface area contributed by atoms with Gasteiger partial charge in [0.25, 0.3) is 0 Å². The summed E-state index contributed by atoms with van der Waals surface area (Å²) in [5.74, 6) is 0. The zero-order valence-electron chi connectivity index (χ0n) is 18.2. The molecule has 1 aromatic heterocycles. The fourth-order valence-corrected chi connectivity index (χ4v) is 6.57. The minimum Gasteiger partial charge on any atom is -0.312 e. The third kappa shape index (κ3) is 4.71. The highest BCUT2D eigenvalue weighted by atomic mass is 32.2. The highest BCUT2D eigenvalue weighted by Crippen LogP contribution is 2.27. The van der Waals surface area contributed by atoms with Crippen molar-refractivity contribution in [3.8, 4) is 11.3 Å². The quantitative estimate of drug-likeness (QED) is 0.381. The van der Waals surface area contributed by atoms with Crippen molar-refractivity contribution in [2.45, 2.75) is 24.3 Å². The summed E-state index contributed by atoms with van der Waals surface area (Å²) in [6, 6.07) is 27.4. The number of thiazole rings is 1. The molecule has 7 heteroatoms. The van der Waals surface area contributed by atoms with E-state index in [4.69, 9.17) is 4.99 Å². The number of para-hydroxylation sites is 1. The van der Waals surface area contributed by atoms with E-state index in [9.17, 15) is 8.42 Å². The van der Waals surface area contributed by atoms with Crippen molar-refractivity contribution >= 4 is 27.0 Å². The molecule has 1 fully saturated rings. The van der Waals surface area contributed by atoms with Crippen LogP contribution in [0.25, 0.3) is 11.3 Å². The van der Waals surface area contributed by atoms with Crippen LogP contribution in [0.15, 0.2) is 100 Å². The van der Waals surface area contributed by atoms with E-state index in [2.05, 4.69) is 22.1 Å². The van der Waals surface area contributed by atoms with E-state index in [1.54, 1.807) is 27.8 Å². The number of benzene rings is 3. The maximum atomic E-state index is 13.1. The topological polar surface area (TPSA) is 54.7 Å². The van der Waals surface area contributed by atoms with Crippen LogP contribution in [0.2, 0.25) is 0 Å². The Labute approximate surface area is 198 Å². The lowest BCUT2D eigenvalue weighted by Crippen LogP contribution is -2.27. The maximum absolute atomic E-state index is 13.1. The van der Waals surface area contributed by atoms with Gasteiger partial charge in [-0.25, -0.2) is 13.4 Å². The summed E-state index contributed by atoms with van der Waals surface area (Å²) >= 11 is 1.56. The van der Waals surface area contributed by atoms with Crippen LogP contribution in [-0.4, -0.2) is 30.4 Å². The molecule has 5 rings (SSSR count). The summed E-state index contributed by atoms with van der Waals surface area (Å²) in [7, 11) is -3.48. The third-order valence-corrected chi connectivity index (χ3v) is 8.55. The third-order valence-electron chi connectivity index (χ3n) is 5.79. The normalized spacial score (nSPS) is 15.2. The van der Waals surface area contributed by atoms with Crippen molar-refractivity contribution in [3.05, 3.63) is 101 Å². The highest BCUT2D eigenvalue weighted by molar-refractivity contribution is 7.89. The summed E-state index contributed by atoms with van der Waals surface area (Å²) in [6.07, 6.45) is 1.84. The van der Waals surface area contributed by atoms with E-state index in [-0.39, 0.29) is 0 Å². The monoisotopic (exact) mass is 475 g/mol. The van der Waals surface area contributed by atoms with Crippen LogP contribution in [0.4, 0.5) is 5.69 Å². The van der Waals surface area contributed by atoms with Gasteiger partial charge >= 0.3 is 0 Å². The molecule has 1 aliphatic rings. The summed E-state index contributed by atoms with van der Waals surface area (Å²) in [5, 5.41) is 2.06. The SMILES string of the molecule is O=S(=O)(c1cccc(-c2csc(=Nc3ccccc3)n2Cc2ccccc2)c1)N1CCCC1. The van der Waals surface area contributed by atoms with E-state index >= 15 is 0 Å². The first-order chi connectivity index (χ1) is 16.1. The molecular weight excluding hydrogens is 450 g/mol. The molecule has 4 aromatic rings. The first-order valence-corrected chi connectivity index (χ1v) is 13.4. The fourth-order valence-electron chi connectivity index (χ4n) is 4.07. The molecule has 33 heavy (non-hydrogen) atoms. The van der Waals surface area contributed by atoms with Gasteiger partial charge in [-0.1, -0.05) is 60.7 Å². The van der Waals surface area contributed by atoms with Gasteiger partial charge in [-0.2, -0.15) is 4.31 Å². The van der Waals surface area contributed by atoms with Gasteiger partial charge in [0.15, 0.2) is 4.80 Å². The molecule has 3 aromatic carbocycles. The molecule has 1 saturated heterocycles. The zero-order valence-corrected chi connectivity index (χ0v) is 19.8. The van der Waals surface area contributed by atoms with Crippen LogP contribution in [0.1, 0.15) is 18.4 Å². The van der Waals surface area contributed by atoms with Gasteiger partial charge in [0.1, 0.15) is 0 Å². The van der Waals surface area contributed by atoms with E-state index in [1.807, 2.05) is 60.7 Å². The average molecular weight is 476 g/mol. The van der Waals surface area contributed by atoms with Crippen LogP contribution < -0.4 is 4.80 Å². The molecule has 5 nitrogen and oxygen atoms in total. The molecule has 0 unspecified atom stereocenters. The van der Waals surface area contributed by atoms with Crippen molar-refractivity contribution in [2.75, 3.05) is 13.1 Å². The number of hydrogen-bond acceptors (Lipinski definition) is 4. The number of aromatic nitrogens is 1. The molecule has 0 atom stereocenters. The molecule has 0 saturated carbocycles. The highest BCUT2D eigenvalue weighted by Gasteiger charge is 2.27. The Hall–Kier alpha value is -3.00. The Kier molecular flexibility index (Phi) is 6.26. The molecule has 0 aliphatic carbocycles. The fraction of sp³-hybridized carbons (Fsp3) is 0.192. The van der Waals surface area contributed by atoms with Gasteiger partial charge in [0.2, 0.25) is 10.0 Å². The van der Waals surface area contributed by atoms with Gasteiger partial charge in [-0.15, -0.1) is 11.3 Å². The van der Waals surface area contributed by atoms with Crippen molar-refractivity contribution in [3.63, 3.8) is 0 Å². The molecular formula is C26H25N3O2S2. The van der Waals surface area contributed by atoms with Gasteiger partial charge in [0, 0.05) is 24.0 Å². The molecule has 0 N–H and O–H groups in total. The standard InChI is InChI=1S/C26H25N3O2S2/c30-33(31,28-16-7-8-17-28)24-15-9-12-22(18-24)25-20-32-26(27-23-13-5-2-6-14-23)29(25)19-21-10-3-1-4-11-21/h1-6,9-15,18,20H,7-8,16-17,19H2. The molecule has 0 amide bonds. The molecule has 0 bridgehead atoms. The van der Waals surface area contributed by atoms with Crippen molar-refractivity contribution in [1.29, 1.82) is 0 Å². The number of hydrogen-bond donors (Lipinski definition) is 0. The lowest BCUT2D eigenvalue weighted by atomic mass is 10.1. The van der Waals surface area contributed by atoms with Crippen LogP contribution >= 0.6 is 11.3 Å². The largest absolute Gasteiger partial charge is 0.312 e. The molecule has 1 aliphatic heterocycles. The predicted molar refractivity (Wildman–Crippen MR) is 133 cm³/mol. The summed E-state index contributed by atoms with van der Waals surface area (Å²) in [6.45, 7) is 1.84. The van der Waals surface area contributed by atoms with E-state index < -0.39 is 10.0 Å². The van der Waals surface area contributed by atoms with Crippen LogP contribution in [-0.2, 0) is 16.6 Å². The Balaban J connectivity index is 1.60. The number of nitrogens with zero attached hydrogens (tertiary/aromatic N) is 3. The summed E-state index contributed by atoms with van der Waals surface area (Å²) in [4.78, 5) is 6.09. The Morgan fingerprint density at radius 3 is 2.27 bits per heavy atom. The Morgan fingerprint density at radius 2 is 1.55 bits per heavy atom. The minimum atomic E-state index is -3.48. The second-order valence-electron chi connectivity index (χ2n) is 8.06. The average Bonchev–Trinajstić information content (AvgIpc) is 3.52. The van der Waals surface area contributed by atoms with Gasteiger partial charge in [-0.3, -0.25) is 0 Å². The van der Waals surface area contributed by atoms with Gasteiger partial charge in [0.05, 0.1) is 22.8 Å². The van der Waals surface area contributed by atoms with E-state index in [0.717, 1.165) is 40.2 Å². The molecule has 0 radical (unpaired) electrons. The Bertz CT molecular complexity index is 1400. The molecule has 0 spiro atoms. The van der Waals surface area contributed by atoms with Crippen molar-refractivity contribution in [2.24, 2.45) is 4.99 Å². The maximum Gasteiger partial charge on any atom is 0.243 e. The van der Waals surface area contributed by atoms with Crippen LogP contribution in [0.3, 0.4) is 0 Å². The summed E-state index contributed by atoms with van der Waals surface area (Å²) in [5.41, 5.74) is 3.87. The first-order valence-electron chi connectivity index (χ1n) is 11.0. The van der Waals surface area contributed by atoms with E-state index in [0.29, 0.717) is 24.5 Å². The van der Waals surface area contributed by atoms with Gasteiger partial charge < -0.3 is 4.57 Å². The first kappa shape index (κ1) is 21.8. The van der Waals surface area contributed by atoms with Gasteiger partial charge in [-0.05, 0) is 42.7 Å². The molecule has 168 valence electrons. The van der Waals surface area contributed by atoms with Crippen LogP contribution in [0, 0.1) is 0 Å². The Morgan fingerprint density at radius 1 is 0.848 bits per heavy atom. The van der Waals surface area contributed by atoms with E-state index in [1.165, 1.54) is 0 Å². The molecule has 2 heterocycles. The summed E-state index contributed by atoms with van der Waals surface area (Å²) < 4.78 is 30.0. The second-order valence-corrected chi connectivity index (χ2v) is 10.8.